The SMILES string of the molecule is c1ccc(-c2ccc(N(c3ccc4ccccc4c3)c3ccc4sc5ccc6ccncc6c5c4c3)cc2)cc1. The van der Waals surface area contributed by atoms with Crippen LogP contribution in [0.25, 0.3) is 52.8 Å². The molecular formula is C37H24N2S. The molecule has 0 spiro atoms. The lowest BCUT2D eigenvalue weighted by Crippen LogP contribution is -2.09. The fourth-order valence-electron chi connectivity index (χ4n) is 5.76. The minimum atomic E-state index is 1.13. The van der Waals surface area contributed by atoms with Gasteiger partial charge in [0.2, 0.25) is 0 Å². The van der Waals surface area contributed by atoms with Gasteiger partial charge in [-0.05, 0) is 81.9 Å². The highest BCUT2D eigenvalue weighted by molar-refractivity contribution is 7.26. The smallest absolute Gasteiger partial charge is 0.0468 e. The molecule has 0 aliphatic carbocycles. The molecule has 2 heterocycles. The number of benzene rings is 6. The van der Waals surface area contributed by atoms with Crippen molar-refractivity contribution in [2.45, 2.75) is 0 Å². The van der Waals surface area contributed by atoms with Crippen LogP contribution in [0.1, 0.15) is 0 Å². The average Bonchev–Trinajstić information content (AvgIpc) is 3.41. The number of pyridine rings is 1. The maximum atomic E-state index is 4.46. The Kier molecular flexibility index (Phi) is 5.35. The number of rotatable bonds is 4. The minimum Gasteiger partial charge on any atom is -0.310 e. The monoisotopic (exact) mass is 528 g/mol. The molecule has 2 aromatic heterocycles. The third-order valence-corrected chi connectivity index (χ3v) is 8.86. The quantitative estimate of drug-likeness (QED) is 0.226. The maximum Gasteiger partial charge on any atom is 0.0468 e. The fraction of sp³-hybridized carbons (Fsp3) is 0. The zero-order valence-electron chi connectivity index (χ0n) is 21.7. The van der Waals surface area contributed by atoms with Crippen molar-refractivity contribution in [2.75, 3.05) is 4.90 Å². The molecule has 0 aliphatic heterocycles. The predicted molar refractivity (Wildman–Crippen MR) is 172 cm³/mol. The van der Waals surface area contributed by atoms with Gasteiger partial charge in [-0.2, -0.15) is 0 Å². The summed E-state index contributed by atoms with van der Waals surface area (Å²) in [5, 5.41) is 7.44. The second kappa shape index (κ2) is 9.33. The van der Waals surface area contributed by atoms with Crippen molar-refractivity contribution in [3.05, 3.63) is 146 Å². The van der Waals surface area contributed by atoms with Gasteiger partial charge in [0, 0.05) is 55.0 Å². The minimum absolute atomic E-state index is 1.13. The molecule has 0 bridgehead atoms. The summed E-state index contributed by atoms with van der Waals surface area (Å²) < 4.78 is 2.57. The number of thiophene rings is 1. The lowest BCUT2D eigenvalue weighted by Gasteiger charge is -2.26. The van der Waals surface area contributed by atoms with Gasteiger partial charge < -0.3 is 4.90 Å². The van der Waals surface area contributed by atoms with E-state index in [4.69, 9.17) is 0 Å². The van der Waals surface area contributed by atoms with Crippen LogP contribution >= 0.6 is 11.3 Å². The van der Waals surface area contributed by atoms with E-state index in [2.05, 4.69) is 143 Å². The van der Waals surface area contributed by atoms with E-state index in [1.165, 1.54) is 52.8 Å². The number of nitrogens with zero attached hydrogens (tertiary/aromatic N) is 2. The van der Waals surface area contributed by atoms with Crippen molar-refractivity contribution in [3.8, 4) is 11.1 Å². The first-order valence-electron chi connectivity index (χ1n) is 13.5. The van der Waals surface area contributed by atoms with Crippen LogP contribution in [0.5, 0.6) is 0 Å². The van der Waals surface area contributed by atoms with Crippen LogP contribution in [0.15, 0.2) is 146 Å². The number of hydrogen-bond donors (Lipinski definition) is 0. The predicted octanol–water partition coefficient (Wildman–Crippen LogP) is 10.9. The lowest BCUT2D eigenvalue weighted by molar-refractivity contribution is 1.30. The number of fused-ring (bicyclic) bond motifs is 6. The van der Waals surface area contributed by atoms with E-state index in [9.17, 15) is 0 Å². The molecule has 3 heteroatoms. The molecule has 0 saturated heterocycles. The van der Waals surface area contributed by atoms with Gasteiger partial charge in [0.05, 0.1) is 0 Å². The topological polar surface area (TPSA) is 16.1 Å². The summed E-state index contributed by atoms with van der Waals surface area (Å²) in [6.45, 7) is 0. The van der Waals surface area contributed by atoms with Crippen LogP contribution in [0, 0.1) is 0 Å². The van der Waals surface area contributed by atoms with Crippen molar-refractivity contribution >= 4 is 70.1 Å². The molecule has 0 N–H and O–H groups in total. The molecule has 0 atom stereocenters. The second-order valence-electron chi connectivity index (χ2n) is 10.1. The normalized spacial score (nSPS) is 11.5. The zero-order valence-corrected chi connectivity index (χ0v) is 22.5. The molecule has 8 aromatic rings. The summed E-state index contributed by atoms with van der Waals surface area (Å²) in [7, 11) is 0. The van der Waals surface area contributed by atoms with Gasteiger partial charge in [0.1, 0.15) is 0 Å². The van der Waals surface area contributed by atoms with E-state index in [1.807, 2.05) is 23.7 Å². The van der Waals surface area contributed by atoms with Crippen molar-refractivity contribution in [3.63, 3.8) is 0 Å². The van der Waals surface area contributed by atoms with Crippen LogP contribution in [-0.4, -0.2) is 4.98 Å². The van der Waals surface area contributed by atoms with E-state index >= 15 is 0 Å². The van der Waals surface area contributed by atoms with Gasteiger partial charge >= 0.3 is 0 Å². The van der Waals surface area contributed by atoms with Gasteiger partial charge in [-0.15, -0.1) is 11.3 Å². The highest BCUT2D eigenvalue weighted by Gasteiger charge is 2.16. The summed E-state index contributed by atoms with van der Waals surface area (Å²) in [5.74, 6) is 0. The molecule has 6 aromatic carbocycles. The highest BCUT2D eigenvalue weighted by atomic mass is 32.1. The molecule has 0 amide bonds. The van der Waals surface area contributed by atoms with Gasteiger partial charge in [0.15, 0.2) is 0 Å². The molecule has 40 heavy (non-hydrogen) atoms. The van der Waals surface area contributed by atoms with Crippen LogP contribution in [0.2, 0.25) is 0 Å². The summed E-state index contributed by atoms with van der Waals surface area (Å²) in [6, 6.07) is 48.1. The standard InChI is InChI=1S/C37H24N2S/c1-2-6-25(7-3-1)27-10-14-30(15-11-27)39(31-16-12-26-8-4-5-9-29(26)22-31)32-17-19-35-33(23-32)37-34-24-38-21-20-28(34)13-18-36(37)40-35/h1-24H. The van der Waals surface area contributed by atoms with Crippen molar-refractivity contribution in [2.24, 2.45) is 0 Å². The fourth-order valence-corrected chi connectivity index (χ4v) is 6.86. The van der Waals surface area contributed by atoms with E-state index < -0.39 is 0 Å². The van der Waals surface area contributed by atoms with Crippen molar-refractivity contribution < 1.29 is 0 Å². The Morgan fingerprint density at radius 2 is 1.15 bits per heavy atom. The van der Waals surface area contributed by atoms with Crippen LogP contribution in [0.4, 0.5) is 17.1 Å². The first-order chi connectivity index (χ1) is 19.8. The molecule has 0 aliphatic rings. The number of anilines is 3. The lowest BCUT2D eigenvalue weighted by atomic mass is 10.0. The second-order valence-corrected chi connectivity index (χ2v) is 11.2. The Bertz CT molecular complexity index is 2160. The first kappa shape index (κ1) is 22.9. The third kappa shape index (κ3) is 3.83. The Morgan fingerprint density at radius 3 is 2.02 bits per heavy atom. The largest absolute Gasteiger partial charge is 0.310 e. The van der Waals surface area contributed by atoms with Crippen molar-refractivity contribution in [1.29, 1.82) is 0 Å². The van der Waals surface area contributed by atoms with Gasteiger partial charge in [-0.25, -0.2) is 0 Å². The number of hydrogen-bond acceptors (Lipinski definition) is 3. The Balaban J connectivity index is 1.34. The van der Waals surface area contributed by atoms with E-state index in [1.54, 1.807) is 0 Å². The highest BCUT2D eigenvalue weighted by Crippen LogP contribution is 2.43. The summed E-state index contributed by atoms with van der Waals surface area (Å²) in [5.41, 5.74) is 5.83. The van der Waals surface area contributed by atoms with Crippen molar-refractivity contribution in [1.82, 2.24) is 4.98 Å². The van der Waals surface area contributed by atoms with E-state index in [0.29, 0.717) is 0 Å². The molecule has 0 radical (unpaired) electrons. The van der Waals surface area contributed by atoms with Crippen LogP contribution in [0.3, 0.4) is 0 Å². The molecule has 0 fully saturated rings. The third-order valence-electron chi connectivity index (χ3n) is 7.72. The van der Waals surface area contributed by atoms with Crippen LogP contribution < -0.4 is 4.90 Å². The first-order valence-corrected chi connectivity index (χ1v) is 14.3. The van der Waals surface area contributed by atoms with Gasteiger partial charge in [-0.3, -0.25) is 4.98 Å². The Hall–Kier alpha value is -4.99. The number of aromatic nitrogens is 1. The van der Waals surface area contributed by atoms with Gasteiger partial charge in [0.25, 0.3) is 0 Å². The average molecular weight is 529 g/mol. The molecule has 0 saturated carbocycles. The molecule has 2 nitrogen and oxygen atoms in total. The zero-order chi connectivity index (χ0) is 26.5. The maximum absolute atomic E-state index is 4.46. The van der Waals surface area contributed by atoms with Crippen LogP contribution in [-0.2, 0) is 0 Å². The Labute approximate surface area is 236 Å². The molecule has 0 unspecified atom stereocenters. The van der Waals surface area contributed by atoms with E-state index in [0.717, 1.165) is 17.1 Å². The molecule has 188 valence electrons. The summed E-state index contributed by atoms with van der Waals surface area (Å²) >= 11 is 1.84. The van der Waals surface area contributed by atoms with E-state index in [-0.39, 0.29) is 0 Å². The summed E-state index contributed by atoms with van der Waals surface area (Å²) in [4.78, 5) is 6.83. The van der Waals surface area contributed by atoms with Gasteiger partial charge in [-0.1, -0.05) is 78.9 Å². The summed E-state index contributed by atoms with van der Waals surface area (Å²) in [6.07, 6.45) is 3.87. The molecular weight excluding hydrogens is 504 g/mol. The Morgan fingerprint density at radius 1 is 0.475 bits per heavy atom. The molecule has 8 rings (SSSR count).